The van der Waals surface area contributed by atoms with Crippen LogP contribution in [-0.4, -0.2) is 5.38 Å². The van der Waals surface area contributed by atoms with Gasteiger partial charge < -0.3 is 0 Å². The van der Waals surface area contributed by atoms with E-state index in [2.05, 4.69) is 31.2 Å². The van der Waals surface area contributed by atoms with E-state index in [1.807, 2.05) is 0 Å². The first-order valence-electron chi connectivity index (χ1n) is 6.45. The van der Waals surface area contributed by atoms with Gasteiger partial charge in [-0.2, -0.15) is 0 Å². The van der Waals surface area contributed by atoms with Gasteiger partial charge in [-0.05, 0) is 49.5 Å². The van der Waals surface area contributed by atoms with E-state index >= 15 is 0 Å². The molecule has 0 amide bonds. The van der Waals surface area contributed by atoms with Gasteiger partial charge in [0.1, 0.15) is 0 Å². The van der Waals surface area contributed by atoms with Crippen molar-refractivity contribution >= 4 is 11.6 Å². The first-order chi connectivity index (χ1) is 7.75. The van der Waals surface area contributed by atoms with Crippen LogP contribution in [0.3, 0.4) is 0 Å². The van der Waals surface area contributed by atoms with Crippen LogP contribution in [0.5, 0.6) is 0 Å². The van der Waals surface area contributed by atoms with Crippen LogP contribution >= 0.6 is 11.6 Å². The molecule has 1 heteroatoms. The monoisotopic (exact) mass is 234 g/mol. The Hall–Kier alpha value is -0.490. The molecule has 2 aliphatic rings. The van der Waals surface area contributed by atoms with Gasteiger partial charge in [0, 0.05) is 5.38 Å². The summed E-state index contributed by atoms with van der Waals surface area (Å²) in [6, 6.07) is 8.82. The highest BCUT2D eigenvalue weighted by molar-refractivity contribution is 6.21. The summed E-state index contributed by atoms with van der Waals surface area (Å²) in [6.45, 7) is 2.13. The molecule has 0 nitrogen and oxygen atoms in total. The molecular weight excluding hydrogens is 216 g/mol. The summed E-state index contributed by atoms with van der Waals surface area (Å²) in [5, 5.41) is 0.373. The second kappa shape index (κ2) is 4.07. The van der Waals surface area contributed by atoms with Gasteiger partial charge in [0.15, 0.2) is 0 Å². The van der Waals surface area contributed by atoms with Crippen LogP contribution in [0.2, 0.25) is 0 Å². The lowest BCUT2D eigenvalue weighted by Crippen LogP contribution is -2.09. The summed E-state index contributed by atoms with van der Waals surface area (Å²) in [5.41, 5.74) is 2.73. The minimum absolute atomic E-state index is 0.373. The van der Waals surface area contributed by atoms with Crippen LogP contribution in [0.25, 0.3) is 0 Å². The number of benzene rings is 1. The highest BCUT2D eigenvalue weighted by Gasteiger charge is 2.55. The van der Waals surface area contributed by atoms with Gasteiger partial charge in [-0.25, -0.2) is 0 Å². The zero-order valence-electron chi connectivity index (χ0n) is 9.83. The molecule has 2 saturated carbocycles. The maximum Gasteiger partial charge on any atom is 0.0410 e. The van der Waals surface area contributed by atoms with E-state index in [0.717, 1.165) is 24.2 Å². The summed E-state index contributed by atoms with van der Waals surface area (Å²) >= 11 is 6.55. The van der Waals surface area contributed by atoms with Crippen molar-refractivity contribution in [3.8, 4) is 0 Å². The Labute approximate surface area is 103 Å². The number of hydrogen-bond donors (Lipinski definition) is 0. The van der Waals surface area contributed by atoms with Crippen LogP contribution in [0.15, 0.2) is 24.3 Å². The fourth-order valence-corrected chi connectivity index (χ4v) is 4.05. The molecule has 0 aliphatic heterocycles. The van der Waals surface area contributed by atoms with Gasteiger partial charge in [-0.3, -0.25) is 0 Å². The Kier molecular flexibility index (Phi) is 2.71. The summed E-state index contributed by atoms with van der Waals surface area (Å²) < 4.78 is 0. The lowest BCUT2D eigenvalue weighted by Gasteiger charge is -2.11. The molecular formula is C15H19Cl. The normalized spacial score (nSPS) is 33.5. The number of halogens is 1. The maximum absolute atomic E-state index is 6.55. The van der Waals surface area contributed by atoms with Crippen LogP contribution in [0.1, 0.15) is 30.4 Å². The van der Waals surface area contributed by atoms with Crippen LogP contribution in [0.4, 0.5) is 0 Å². The second-order valence-electron chi connectivity index (χ2n) is 5.54. The lowest BCUT2D eigenvalue weighted by atomic mass is 10.0. The molecule has 0 radical (unpaired) electrons. The smallest absolute Gasteiger partial charge is 0.0410 e. The minimum Gasteiger partial charge on any atom is -0.122 e. The predicted molar refractivity (Wildman–Crippen MR) is 68.8 cm³/mol. The van der Waals surface area contributed by atoms with Crippen molar-refractivity contribution in [2.75, 3.05) is 0 Å². The fourth-order valence-electron chi connectivity index (χ4n) is 3.50. The Bertz CT molecular complexity index is 358. The van der Waals surface area contributed by atoms with Crippen molar-refractivity contribution in [1.29, 1.82) is 0 Å². The third-order valence-electron chi connectivity index (χ3n) is 4.44. The quantitative estimate of drug-likeness (QED) is 0.688. The first-order valence-corrected chi connectivity index (χ1v) is 6.89. The number of rotatable bonds is 3. The molecule has 3 atom stereocenters. The van der Waals surface area contributed by atoms with Gasteiger partial charge >= 0.3 is 0 Å². The third kappa shape index (κ3) is 1.88. The Morgan fingerprint density at radius 1 is 1.19 bits per heavy atom. The third-order valence-corrected chi connectivity index (χ3v) is 4.89. The molecule has 2 aliphatic carbocycles. The summed E-state index contributed by atoms with van der Waals surface area (Å²) in [5.74, 6) is 2.79. The number of aryl methyl sites for hydroxylation is 1. The topological polar surface area (TPSA) is 0 Å². The van der Waals surface area contributed by atoms with Crippen molar-refractivity contribution in [2.24, 2.45) is 17.8 Å². The van der Waals surface area contributed by atoms with E-state index in [1.54, 1.807) is 0 Å². The standard InChI is InChI=1S/C15H19Cl/c1-10-5-7-11(8-6-10)9-14(16)15-12-3-2-4-13(12)15/h5-8,12-15H,2-4,9H2,1H3. The molecule has 3 unspecified atom stereocenters. The number of hydrogen-bond acceptors (Lipinski definition) is 0. The van der Waals surface area contributed by atoms with Crippen molar-refractivity contribution in [3.63, 3.8) is 0 Å². The van der Waals surface area contributed by atoms with Gasteiger partial charge in [-0.15, -0.1) is 11.6 Å². The summed E-state index contributed by atoms with van der Waals surface area (Å²) in [6.07, 6.45) is 5.37. The second-order valence-corrected chi connectivity index (χ2v) is 6.10. The molecule has 86 valence electrons. The molecule has 0 saturated heterocycles. The van der Waals surface area contributed by atoms with Crippen molar-refractivity contribution in [1.82, 2.24) is 0 Å². The number of fused-ring (bicyclic) bond motifs is 1. The Morgan fingerprint density at radius 2 is 1.81 bits per heavy atom. The van der Waals surface area contributed by atoms with E-state index in [4.69, 9.17) is 11.6 Å². The molecule has 0 aromatic heterocycles. The zero-order chi connectivity index (χ0) is 11.1. The SMILES string of the molecule is Cc1ccc(CC(Cl)C2C3CCCC32)cc1. The highest BCUT2D eigenvalue weighted by atomic mass is 35.5. The van der Waals surface area contributed by atoms with Crippen molar-refractivity contribution < 1.29 is 0 Å². The van der Waals surface area contributed by atoms with Crippen LogP contribution in [0, 0.1) is 24.7 Å². The molecule has 0 N–H and O–H groups in total. The van der Waals surface area contributed by atoms with E-state index in [0.29, 0.717) is 5.38 Å². The van der Waals surface area contributed by atoms with Crippen LogP contribution < -0.4 is 0 Å². The van der Waals surface area contributed by atoms with Gasteiger partial charge in [0.2, 0.25) is 0 Å². The molecule has 0 heterocycles. The largest absolute Gasteiger partial charge is 0.122 e. The van der Waals surface area contributed by atoms with Gasteiger partial charge in [0.05, 0.1) is 0 Å². The first kappa shape index (κ1) is 10.7. The average molecular weight is 235 g/mol. The molecule has 0 spiro atoms. The molecule has 0 bridgehead atoms. The van der Waals surface area contributed by atoms with E-state index in [1.165, 1.54) is 30.4 Å². The van der Waals surface area contributed by atoms with Crippen molar-refractivity contribution in [2.45, 2.75) is 38.0 Å². The van der Waals surface area contributed by atoms with E-state index in [9.17, 15) is 0 Å². The molecule has 1 aromatic carbocycles. The number of alkyl halides is 1. The highest BCUT2D eigenvalue weighted by Crippen LogP contribution is 2.60. The lowest BCUT2D eigenvalue weighted by molar-refractivity contribution is 0.559. The van der Waals surface area contributed by atoms with Crippen molar-refractivity contribution in [3.05, 3.63) is 35.4 Å². The average Bonchev–Trinajstić information content (AvgIpc) is 2.76. The Balaban J connectivity index is 1.60. The maximum atomic E-state index is 6.55. The van der Waals surface area contributed by atoms with Crippen LogP contribution in [-0.2, 0) is 6.42 Å². The van der Waals surface area contributed by atoms with E-state index < -0.39 is 0 Å². The Morgan fingerprint density at radius 3 is 2.44 bits per heavy atom. The fraction of sp³-hybridized carbons (Fsp3) is 0.600. The van der Waals surface area contributed by atoms with E-state index in [-0.39, 0.29) is 0 Å². The van der Waals surface area contributed by atoms with Gasteiger partial charge in [0.25, 0.3) is 0 Å². The molecule has 1 aromatic rings. The van der Waals surface area contributed by atoms with Gasteiger partial charge in [-0.1, -0.05) is 36.2 Å². The molecule has 16 heavy (non-hydrogen) atoms. The minimum atomic E-state index is 0.373. The summed E-state index contributed by atoms with van der Waals surface area (Å²) in [4.78, 5) is 0. The summed E-state index contributed by atoms with van der Waals surface area (Å²) in [7, 11) is 0. The molecule has 2 fully saturated rings. The predicted octanol–water partition coefficient (Wildman–Crippen LogP) is 4.19. The zero-order valence-corrected chi connectivity index (χ0v) is 10.6. The molecule has 3 rings (SSSR count).